The van der Waals surface area contributed by atoms with Crippen molar-refractivity contribution >= 4 is 88.1 Å². The van der Waals surface area contributed by atoms with Gasteiger partial charge in [0, 0.05) is 61.3 Å². The van der Waals surface area contributed by atoms with Gasteiger partial charge in [0.25, 0.3) is 11.8 Å². The summed E-state index contributed by atoms with van der Waals surface area (Å²) >= 11 is 6.45. The molecule has 19 nitrogen and oxygen atoms in total. The number of fused-ring (bicyclic) bond motifs is 1. The molecule has 0 bridgehead atoms. The van der Waals surface area contributed by atoms with Gasteiger partial charge in [-0.15, -0.1) is 0 Å². The molecule has 5 N–H and O–H groups in total. The number of para-hydroxylation sites is 1. The van der Waals surface area contributed by atoms with Gasteiger partial charge in [0.1, 0.15) is 24.0 Å². The highest BCUT2D eigenvalue weighted by Crippen LogP contribution is 2.39. The Bertz CT molecular complexity index is 2520. The smallest absolute Gasteiger partial charge is 0.264 e. The summed E-state index contributed by atoms with van der Waals surface area (Å²) in [6.45, 7) is 7.19. The lowest BCUT2D eigenvalue weighted by Crippen LogP contribution is -2.54. The normalized spacial score (nSPS) is 16.4. The van der Waals surface area contributed by atoms with Gasteiger partial charge in [0.2, 0.25) is 23.7 Å². The third-order valence-corrected chi connectivity index (χ3v) is 13.2. The van der Waals surface area contributed by atoms with E-state index in [-0.39, 0.29) is 48.9 Å². The van der Waals surface area contributed by atoms with Crippen LogP contribution in [0.5, 0.6) is 5.75 Å². The molecule has 0 aliphatic carbocycles. The van der Waals surface area contributed by atoms with Gasteiger partial charge in [-0.3, -0.25) is 34.2 Å². The van der Waals surface area contributed by atoms with Crippen LogP contribution in [0.4, 0.5) is 34.5 Å². The predicted octanol–water partition coefficient (Wildman–Crippen LogP) is 4.91. The lowest BCUT2D eigenvalue weighted by Gasteiger charge is -2.34. The molecule has 4 aromatic rings. The monoisotopic (exact) mass is 959 g/mol. The Hall–Kier alpha value is -6.11. The Kier molecular flexibility index (Phi) is 16.5. The van der Waals surface area contributed by atoms with E-state index in [0.717, 1.165) is 36.5 Å². The molecule has 1 atom stereocenters. The van der Waals surface area contributed by atoms with E-state index < -0.39 is 36.8 Å². The van der Waals surface area contributed by atoms with Crippen molar-refractivity contribution < 1.29 is 47.5 Å². The van der Waals surface area contributed by atoms with Crippen molar-refractivity contribution in [3.63, 3.8) is 0 Å². The number of hydrogen-bond donors (Lipinski definition) is 5. The first-order chi connectivity index (χ1) is 32.3. The van der Waals surface area contributed by atoms with Crippen LogP contribution in [0.25, 0.3) is 0 Å². The number of benzene rings is 3. The number of rotatable bonds is 22. The number of anilines is 6. The van der Waals surface area contributed by atoms with Gasteiger partial charge in [-0.1, -0.05) is 29.8 Å². The summed E-state index contributed by atoms with van der Waals surface area (Å²) in [5.41, 5.74) is 3.16. The number of hydrogen-bond acceptors (Lipinski definition) is 16. The molecule has 21 heteroatoms. The van der Waals surface area contributed by atoms with E-state index in [4.69, 9.17) is 30.5 Å². The SMILES string of the molecule is COc1cc(N2CCC(NC(=O)CCOCCOCCOCCNc3cccc4c3C(=O)N(C3CCC(=O)NC3=O)C4=O)CC2)ccc1Nc1ncc(Cl)c(Nc2ccccc2P(C)(C)=O)n1. The largest absolute Gasteiger partial charge is 0.494 e. The molecule has 4 heterocycles. The first kappa shape index (κ1) is 48.8. The van der Waals surface area contributed by atoms with Crippen molar-refractivity contribution in [1.29, 1.82) is 0 Å². The number of carbonyl (C=O) groups excluding carboxylic acids is 5. The van der Waals surface area contributed by atoms with Crippen LogP contribution in [0, 0.1) is 0 Å². The minimum absolute atomic E-state index is 0.0514. The first-order valence-electron chi connectivity index (χ1n) is 22.1. The second-order valence-electron chi connectivity index (χ2n) is 16.4. The molecule has 3 aromatic carbocycles. The van der Waals surface area contributed by atoms with Crippen molar-refractivity contribution in [3.8, 4) is 5.75 Å². The van der Waals surface area contributed by atoms with Crippen LogP contribution < -0.4 is 41.5 Å². The minimum Gasteiger partial charge on any atom is -0.494 e. The fourth-order valence-electron chi connectivity index (χ4n) is 8.00. The fourth-order valence-corrected chi connectivity index (χ4v) is 9.29. The minimum atomic E-state index is -2.57. The number of carbonyl (C=O) groups is 5. The van der Waals surface area contributed by atoms with Crippen LogP contribution >= 0.6 is 18.7 Å². The summed E-state index contributed by atoms with van der Waals surface area (Å²) in [5, 5.41) is 15.9. The molecule has 0 radical (unpaired) electrons. The molecule has 3 aliphatic rings. The molecule has 3 aliphatic heterocycles. The van der Waals surface area contributed by atoms with Crippen LogP contribution in [-0.4, -0.2) is 136 Å². The van der Waals surface area contributed by atoms with Gasteiger partial charge in [-0.05, 0) is 69.0 Å². The van der Waals surface area contributed by atoms with Crippen molar-refractivity contribution in [1.82, 2.24) is 25.5 Å². The van der Waals surface area contributed by atoms with E-state index in [2.05, 4.69) is 41.5 Å². The summed E-state index contributed by atoms with van der Waals surface area (Å²) in [6.07, 6.45) is 3.44. The zero-order valence-electron chi connectivity index (χ0n) is 37.6. The van der Waals surface area contributed by atoms with Gasteiger partial charge in [0.15, 0.2) is 5.82 Å². The van der Waals surface area contributed by atoms with Crippen molar-refractivity contribution in [3.05, 3.63) is 83.0 Å². The summed E-state index contributed by atoms with van der Waals surface area (Å²) in [5.74, 6) is -1.02. The number of ether oxygens (including phenoxy) is 4. The van der Waals surface area contributed by atoms with Crippen LogP contribution in [0.2, 0.25) is 5.02 Å². The quantitative estimate of drug-likeness (QED) is 0.0400. The number of methoxy groups -OCH3 is 1. The zero-order valence-corrected chi connectivity index (χ0v) is 39.3. The number of amides is 5. The zero-order chi connectivity index (χ0) is 47.5. The van der Waals surface area contributed by atoms with E-state index in [1.165, 1.54) is 6.20 Å². The average molecular weight is 960 g/mol. The molecule has 0 saturated carbocycles. The van der Waals surface area contributed by atoms with Gasteiger partial charge in [-0.25, -0.2) is 4.98 Å². The average Bonchev–Trinajstić information content (AvgIpc) is 3.56. The van der Waals surface area contributed by atoms with Crippen LogP contribution in [0.15, 0.2) is 66.9 Å². The van der Waals surface area contributed by atoms with Crippen LogP contribution in [-0.2, 0) is 33.2 Å². The summed E-state index contributed by atoms with van der Waals surface area (Å²) in [6, 6.07) is 17.1. The van der Waals surface area contributed by atoms with Gasteiger partial charge < -0.3 is 49.7 Å². The van der Waals surface area contributed by atoms with Gasteiger partial charge in [-0.2, -0.15) is 4.98 Å². The molecule has 0 spiro atoms. The summed E-state index contributed by atoms with van der Waals surface area (Å²) < 4.78 is 35.5. The Morgan fingerprint density at radius 1 is 0.851 bits per heavy atom. The molecule has 67 heavy (non-hydrogen) atoms. The standard InChI is InChI=1S/C46H55ClN9O10P/c1-63-37-27-30(11-12-33(37)52-46-49-28-32(47)42(54-46)51-34-8-4-5-10-38(34)67(2,3)62)55-19-15-29(16-20-55)50-40(58)17-21-64-23-25-66-26-24-65-22-18-48-35-9-6-7-31-41(35)45(61)56(44(31)60)36-13-14-39(57)53-43(36)59/h4-12,27-29,36,48H,13-26H2,1-3H3,(H,50,58)(H,53,57,59)(H2,49,51,52,54). The summed E-state index contributed by atoms with van der Waals surface area (Å²) in [4.78, 5) is 75.0. The molecule has 7 rings (SSSR count). The third kappa shape index (κ3) is 12.5. The highest BCUT2D eigenvalue weighted by molar-refractivity contribution is 7.70. The molecule has 2 saturated heterocycles. The second kappa shape index (κ2) is 22.6. The molecule has 5 amide bonds. The molecule has 1 aromatic heterocycles. The Morgan fingerprint density at radius 3 is 2.30 bits per heavy atom. The fraction of sp³-hybridized carbons (Fsp3) is 0.413. The van der Waals surface area contributed by atoms with Gasteiger partial charge in [0.05, 0.1) is 75.4 Å². The number of aromatic nitrogens is 2. The van der Waals surface area contributed by atoms with Gasteiger partial charge >= 0.3 is 0 Å². The van der Waals surface area contributed by atoms with Crippen molar-refractivity contribution in [2.45, 2.75) is 44.2 Å². The lowest BCUT2D eigenvalue weighted by molar-refractivity contribution is -0.136. The van der Waals surface area contributed by atoms with Crippen molar-refractivity contribution in [2.75, 3.05) is 101 Å². The second-order valence-corrected chi connectivity index (χ2v) is 20.0. The third-order valence-electron chi connectivity index (χ3n) is 11.4. The molecule has 2 fully saturated rings. The van der Waals surface area contributed by atoms with Crippen molar-refractivity contribution in [2.24, 2.45) is 0 Å². The Labute approximate surface area is 393 Å². The highest BCUT2D eigenvalue weighted by atomic mass is 35.5. The predicted molar refractivity (Wildman–Crippen MR) is 254 cm³/mol. The topological polar surface area (TPSA) is 232 Å². The molecule has 1 unspecified atom stereocenters. The maximum absolute atomic E-state index is 13.2. The molecular formula is C46H55ClN9O10P. The van der Waals surface area contributed by atoms with E-state index in [1.54, 1.807) is 38.6 Å². The highest BCUT2D eigenvalue weighted by Gasteiger charge is 2.45. The van der Waals surface area contributed by atoms with E-state index in [0.29, 0.717) is 84.5 Å². The first-order valence-corrected chi connectivity index (χ1v) is 25.0. The van der Waals surface area contributed by atoms with Crippen LogP contribution in [0.1, 0.15) is 52.8 Å². The van der Waals surface area contributed by atoms with E-state index in [9.17, 15) is 28.5 Å². The maximum atomic E-state index is 13.2. The number of nitrogens with one attached hydrogen (secondary N) is 5. The maximum Gasteiger partial charge on any atom is 0.264 e. The Balaban J connectivity index is 0.744. The number of halogens is 1. The number of piperidine rings is 2. The molecule has 356 valence electrons. The lowest BCUT2D eigenvalue weighted by atomic mass is 10.0. The van der Waals surface area contributed by atoms with Crippen LogP contribution in [0.3, 0.4) is 0 Å². The number of nitrogens with zero attached hydrogens (tertiary/aromatic N) is 4. The Morgan fingerprint density at radius 2 is 1.57 bits per heavy atom. The van der Waals surface area contributed by atoms with E-state index >= 15 is 0 Å². The van der Waals surface area contributed by atoms with E-state index in [1.807, 2.05) is 42.5 Å². The number of imide groups is 2. The summed E-state index contributed by atoms with van der Waals surface area (Å²) in [7, 11) is -0.972. The molecular weight excluding hydrogens is 905 g/mol.